The molecule has 0 atom stereocenters. The average Bonchev–Trinajstić information content (AvgIpc) is 3.37. The minimum absolute atomic E-state index is 0.0856. The molecule has 0 amide bonds. The van der Waals surface area contributed by atoms with Gasteiger partial charge in [-0.2, -0.15) is 23.9 Å². The van der Waals surface area contributed by atoms with Gasteiger partial charge in [0.2, 0.25) is 9.84 Å². The van der Waals surface area contributed by atoms with Crippen LogP contribution < -0.4 is 5.43 Å². The summed E-state index contributed by atoms with van der Waals surface area (Å²) in [5.74, 6) is -0.516. The van der Waals surface area contributed by atoms with Crippen LogP contribution in [-0.2, 0) is 9.84 Å². The first-order chi connectivity index (χ1) is 16.8. The molecular weight excluding hydrogens is 498 g/mol. The second-order valence-electron chi connectivity index (χ2n) is 7.99. The lowest BCUT2D eigenvalue weighted by atomic mass is 10.1. The normalized spacial score (nSPS) is 13.9. The Balaban J connectivity index is 1.93. The van der Waals surface area contributed by atoms with Gasteiger partial charge in [0.1, 0.15) is 29.5 Å². The molecule has 3 aromatic rings. The first-order valence-corrected chi connectivity index (χ1v) is 11.8. The highest BCUT2D eigenvalue weighted by Gasteiger charge is 2.38. The van der Waals surface area contributed by atoms with Crippen molar-refractivity contribution in [3.05, 3.63) is 77.2 Å². The molecule has 0 aliphatic carbocycles. The van der Waals surface area contributed by atoms with Gasteiger partial charge in [0.15, 0.2) is 0 Å². The van der Waals surface area contributed by atoms with E-state index in [0.29, 0.717) is 27.9 Å². The predicted octanol–water partition coefficient (Wildman–Crippen LogP) is 4.18. The molecule has 0 saturated heterocycles. The zero-order valence-electron chi connectivity index (χ0n) is 19.0. The van der Waals surface area contributed by atoms with Gasteiger partial charge >= 0.3 is 6.18 Å². The van der Waals surface area contributed by atoms with Crippen LogP contribution in [0.25, 0.3) is 28.0 Å². The molecule has 0 fully saturated rings. The third-order valence-corrected chi connectivity index (χ3v) is 7.52. The fourth-order valence-electron chi connectivity index (χ4n) is 3.80. The summed E-state index contributed by atoms with van der Waals surface area (Å²) < 4.78 is 80.4. The number of hydrogen-bond acceptors (Lipinski definition) is 5. The Morgan fingerprint density at radius 3 is 2.42 bits per heavy atom. The highest BCUT2D eigenvalue weighted by atomic mass is 32.2. The van der Waals surface area contributed by atoms with E-state index >= 15 is 0 Å². The van der Waals surface area contributed by atoms with Crippen molar-refractivity contribution in [3.63, 3.8) is 0 Å². The summed E-state index contributed by atoms with van der Waals surface area (Å²) in [7, 11) is -4.64. The second kappa shape index (κ2) is 8.54. The molecule has 2 N–H and O–H groups in total. The van der Waals surface area contributed by atoms with Crippen LogP contribution in [0.1, 0.15) is 18.1 Å². The number of halogens is 4. The fourth-order valence-corrected chi connectivity index (χ4v) is 4.97. The molecule has 7 nitrogen and oxygen atoms in total. The van der Waals surface area contributed by atoms with Crippen molar-refractivity contribution < 1.29 is 31.4 Å². The summed E-state index contributed by atoms with van der Waals surface area (Å²) in [6.45, 7) is 9.17. The molecule has 4 rings (SSSR count). The highest BCUT2D eigenvalue weighted by molar-refractivity contribution is 7.95. The summed E-state index contributed by atoms with van der Waals surface area (Å²) in [5, 5.41) is 14.5. The maximum absolute atomic E-state index is 14.4. The number of alkyl halides is 3. The zero-order chi connectivity index (χ0) is 26.6. The van der Waals surface area contributed by atoms with Crippen LogP contribution in [-0.4, -0.2) is 29.9 Å². The average molecular weight is 517 g/mol. The van der Waals surface area contributed by atoms with Crippen molar-refractivity contribution in [2.24, 2.45) is 5.10 Å². The first kappa shape index (κ1) is 25.0. The van der Waals surface area contributed by atoms with Crippen LogP contribution in [0.15, 0.2) is 70.3 Å². The lowest BCUT2D eigenvalue weighted by Crippen LogP contribution is -2.69. The van der Waals surface area contributed by atoms with Crippen LogP contribution in [0, 0.1) is 24.1 Å². The van der Waals surface area contributed by atoms with Gasteiger partial charge in [0.25, 0.3) is 0 Å². The van der Waals surface area contributed by atoms with Gasteiger partial charge in [-0.1, -0.05) is 18.3 Å². The SMILES string of the molecule is C=C(C(=C)S(=O)(=O)c1ccc(-c2c(C#N)c3cc(F)c(C)cc3n2C2=C[NH2+]N=C2C)nc1)C(F)(F)F. The van der Waals surface area contributed by atoms with E-state index in [0.717, 1.165) is 12.3 Å². The predicted molar refractivity (Wildman–Crippen MR) is 125 cm³/mol. The summed E-state index contributed by atoms with van der Waals surface area (Å²) in [6, 6.07) is 7.20. The Kier molecular flexibility index (Phi) is 5.94. The minimum atomic E-state index is -4.97. The third kappa shape index (κ3) is 3.92. The number of pyridine rings is 1. The summed E-state index contributed by atoms with van der Waals surface area (Å²) >= 11 is 0. The van der Waals surface area contributed by atoms with Crippen LogP contribution in [0.4, 0.5) is 17.6 Å². The van der Waals surface area contributed by atoms with Gasteiger partial charge in [0.05, 0.1) is 37.8 Å². The molecule has 184 valence electrons. The molecule has 0 spiro atoms. The fraction of sp³-hybridized carbons (Fsp3) is 0.125. The lowest BCUT2D eigenvalue weighted by molar-refractivity contribution is -0.589. The second-order valence-corrected chi connectivity index (χ2v) is 9.96. The van der Waals surface area contributed by atoms with Gasteiger partial charge in [-0.3, -0.25) is 9.55 Å². The van der Waals surface area contributed by atoms with E-state index in [2.05, 4.69) is 29.3 Å². The lowest BCUT2D eigenvalue weighted by Gasteiger charge is -2.14. The maximum atomic E-state index is 14.4. The Morgan fingerprint density at radius 1 is 1.19 bits per heavy atom. The van der Waals surface area contributed by atoms with Gasteiger partial charge < -0.3 is 0 Å². The van der Waals surface area contributed by atoms with E-state index in [-0.39, 0.29) is 17.0 Å². The number of allylic oxidation sites excluding steroid dienone is 2. The monoisotopic (exact) mass is 516 g/mol. The molecular formula is C24H18F4N5O2S+. The molecule has 0 radical (unpaired) electrons. The largest absolute Gasteiger partial charge is 0.417 e. The Bertz CT molecular complexity index is 1670. The molecule has 3 heterocycles. The van der Waals surface area contributed by atoms with E-state index in [1.807, 2.05) is 0 Å². The number of aryl methyl sites for hydroxylation is 1. The molecule has 36 heavy (non-hydrogen) atoms. The van der Waals surface area contributed by atoms with Crippen molar-refractivity contribution in [2.75, 3.05) is 0 Å². The number of fused-ring (bicyclic) bond motifs is 1. The number of hydrogen-bond donors (Lipinski definition) is 1. The summed E-state index contributed by atoms with van der Waals surface area (Å²) in [5.41, 5.74) is 2.49. The number of sulfone groups is 1. The van der Waals surface area contributed by atoms with Gasteiger partial charge in [-0.05, 0) is 43.7 Å². The summed E-state index contributed by atoms with van der Waals surface area (Å²) in [6.07, 6.45) is -2.40. The highest BCUT2D eigenvalue weighted by Crippen LogP contribution is 2.38. The molecule has 1 aliphatic rings. The van der Waals surface area contributed by atoms with Crippen molar-refractivity contribution in [1.82, 2.24) is 9.55 Å². The van der Waals surface area contributed by atoms with Gasteiger partial charge in [-0.25, -0.2) is 12.8 Å². The minimum Gasteiger partial charge on any atom is -0.300 e. The summed E-state index contributed by atoms with van der Waals surface area (Å²) in [4.78, 5) is 2.43. The molecule has 2 aromatic heterocycles. The molecule has 0 saturated carbocycles. The number of quaternary nitrogens is 1. The Hall–Kier alpha value is -4.08. The quantitative estimate of drug-likeness (QED) is 0.312. The van der Waals surface area contributed by atoms with E-state index in [1.165, 1.54) is 12.1 Å². The molecule has 0 unspecified atom stereocenters. The molecule has 12 heteroatoms. The van der Waals surface area contributed by atoms with Crippen LogP contribution >= 0.6 is 0 Å². The number of benzene rings is 1. The van der Waals surface area contributed by atoms with Crippen molar-refractivity contribution in [3.8, 4) is 17.5 Å². The van der Waals surface area contributed by atoms with Crippen molar-refractivity contribution >= 4 is 32.1 Å². The number of rotatable bonds is 5. The zero-order valence-corrected chi connectivity index (χ0v) is 19.8. The third-order valence-electron chi connectivity index (χ3n) is 5.76. The van der Waals surface area contributed by atoms with Crippen LogP contribution in [0.3, 0.4) is 0 Å². The van der Waals surface area contributed by atoms with E-state index in [4.69, 9.17) is 0 Å². The standard InChI is InChI=1S/C24H17F4N5O2S/c1-12-7-21-17(8-19(12)25)18(9-29)23(33(21)22-11-31-32-14(22)3)20-6-5-16(10-30-20)36(34,35)15(4)13(2)24(26,27)28/h5-8,10-11H,2,4H2,1,3H3,(H,31,32)/p+1. The van der Waals surface area contributed by atoms with Crippen LogP contribution in [0.2, 0.25) is 0 Å². The number of nitriles is 1. The van der Waals surface area contributed by atoms with E-state index < -0.39 is 37.2 Å². The molecule has 1 aliphatic heterocycles. The maximum Gasteiger partial charge on any atom is 0.417 e. The Morgan fingerprint density at radius 2 is 1.89 bits per heavy atom. The molecule has 1 aromatic carbocycles. The van der Waals surface area contributed by atoms with Crippen molar-refractivity contribution in [2.45, 2.75) is 24.9 Å². The van der Waals surface area contributed by atoms with Crippen LogP contribution in [0.5, 0.6) is 0 Å². The van der Waals surface area contributed by atoms with Crippen molar-refractivity contribution in [1.29, 1.82) is 5.26 Å². The van der Waals surface area contributed by atoms with Gasteiger partial charge in [0, 0.05) is 11.6 Å². The van der Waals surface area contributed by atoms with Gasteiger partial charge in [-0.15, -0.1) is 0 Å². The smallest absolute Gasteiger partial charge is 0.300 e. The molecule has 0 bridgehead atoms. The number of aromatic nitrogens is 2. The topological polar surface area (TPSA) is 105 Å². The van der Waals surface area contributed by atoms with E-state index in [9.17, 15) is 31.2 Å². The van der Waals surface area contributed by atoms with E-state index in [1.54, 1.807) is 36.1 Å². The first-order valence-electron chi connectivity index (χ1n) is 10.3. The Labute approximate surface area is 203 Å². The number of nitrogens with two attached hydrogens (primary N) is 1. The number of nitrogens with zero attached hydrogens (tertiary/aromatic N) is 4.